The van der Waals surface area contributed by atoms with Crippen molar-refractivity contribution >= 4 is 46.3 Å². The Hall–Kier alpha value is -3.81. The number of amides is 1. The minimum atomic E-state index is -1.21. The molecule has 3 N–H and O–H groups in total. The smallest absolute Gasteiger partial charge is 0.355 e. The van der Waals surface area contributed by atoms with Gasteiger partial charge in [-0.3, -0.25) is 4.79 Å². The van der Waals surface area contributed by atoms with E-state index in [1.807, 2.05) is 0 Å². The van der Waals surface area contributed by atoms with Gasteiger partial charge in [-0.15, -0.1) is 5.10 Å². The highest BCUT2D eigenvalue weighted by molar-refractivity contribution is 7.10. The number of anilines is 1. The first-order valence-corrected chi connectivity index (χ1v) is 8.17. The summed E-state index contributed by atoms with van der Waals surface area (Å²) >= 11 is 0.621. The van der Waals surface area contributed by atoms with Crippen LogP contribution in [0.1, 0.15) is 10.5 Å². The third-order valence-corrected chi connectivity index (χ3v) is 3.77. The van der Waals surface area contributed by atoms with Crippen LogP contribution in [0.4, 0.5) is 5.00 Å². The van der Waals surface area contributed by atoms with Gasteiger partial charge in [0.1, 0.15) is 16.3 Å². The van der Waals surface area contributed by atoms with Crippen LogP contribution in [0, 0.1) is 0 Å². The van der Waals surface area contributed by atoms with Crippen molar-refractivity contribution < 1.29 is 42.9 Å². The summed E-state index contributed by atoms with van der Waals surface area (Å²) in [5, 5.41) is 5.78. The van der Waals surface area contributed by atoms with Crippen molar-refractivity contribution in [3.05, 3.63) is 28.6 Å². The van der Waals surface area contributed by atoms with Gasteiger partial charge in [0.25, 0.3) is 5.91 Å². The molecule has 1 aromatic heterocycles. The maximum Gasteiger partial charge on any atom is 0.355 e. The molecule has 14 heteroatoms. The summed E-state index contributed by atoms with van der Waals surface area (Å²) in [6, 6.07) is 0. The maximum atomic E-state index is 12.4. The summed E-state index contributed by atoms with van der Waals surface area (Å²) in [5.41, 5.74) is 2.73. The van der Waals surface area contributed by atoms with Crippen molar-refractivity contribution in [1.29, 1.82) is 0 Å². The summed E-state index contributed by atoms with van der Waals surface area (Å²) in [6.07, 6.45) is 0.614. The van der Waals surface area contributed by atoms with E-state index in [2.05, 4.69) is 33.9 Å². The van der Waals surface area contributed by atoms with Crippen LogP contribution >= 0.6 is 11.5 Å². The molecular weight excluding hydrogens is 412 g/mol. The molecule has 0 atom stereocenters. The number of nitrogens with one attached hydrogen (secondary N) is 1. The molecule has 0 aliphatic rings. The molecule has 0 saturated heterocycles. The van der Waals surface area contributed by atoms with Gasteiger partial charge in [-0.05, 0) is 0 Å². The van der Waals surface area contributed by atoms with Gasteiger partial charge in [0.15, 0.2) is 5.69 Å². The molecule has 0 bridgehead atoms. The van der Waals surface area contributed by atoms with Gasteiger partial charge >= 0.3 is 23.9 Å². The second kappa shape index (κ2) is 10.5. The summed E-state index contributed by atoms with van der Waals surface area (Å²) < 4.78 is 21.8. The van der Waals surface area contributed by atoms with E-state index < -0.39 is 46.6 Å². The topological polar surface area (TPSA) is 186 Å². The number of carbonyl (C=O) groups is 5. The van der Waals surface area contributed by atoms with E-state index in [0.29, 0.717) is 17.6 Å². The summed E-state index contributed by atoms with van der Waals surface area (Å²) in [7, 11) is 3.96. The molecule has 1 heterocycles. The first kappa shape index (κ1) is 23.2. The number of primary amides is 1. The Morgan fingerprint density at radius 3 is 2.00 bits per heavy atom. The van der Waals surface area contributed by atoms with E-state index in [-0.39, 0.29) is 10.7 Å². The molecule has 0 fully saturated rings. The second-order valence-corrected chi connectivity index (χ2v) is 5.50. The molecule has 0 aromatic carbocycles. The number of aromatic nitrogens is 2. The molecular formula is C15H16N4O9S. The zero-order chi connectivity index (χ0) is 22.1. The van der Waals surface area contributed by atoms with E-state index in [0.717, 1.165) is 28.4 Å². The molecule has 0 saturated carbocycles. The standard InChI is InChI=1S/C15H16N4O9S/c1-25-7(20)5-6(13(22)26-2)8(14(23)27-3)9(15(24)28-4)17-12-10(11(16)21)18-19-29-12/h5,17H,1-4H3,(H2,16,21). The zero-order valence-electron chi connectivity index (χ0n) is 15.6. The van der Waals surface area contributed by atoms with Crippen LogP contribution in [-0.4, -0.2) is 67.8 Å². The molecule has 156 valence electrons. The van der Waals surface area contributed by atoms with E-state index in [1.54, 1.807) is 0 Å². The minimum absolute atomic E-state index is 0.137. The predicted molar refractivity (Wildman–Crippen MR) is 95.2 cm³/mol. The first-order chi connectivity index (χ1) is 13.7. The number of ether oxygens (including phenoxy) is 4. The molecule has 0 aliphatic carbocycles. The average Bonchev–Trinajstić information content (AvgIpc) is 3.19. The number of methoxy groups -OCH3 is 4. The normalized spacial score (nSPS) is 11.7. The highest BCUT2D eigenvalue weighted by Gasteiger charge is 2.32. The number of rotatable bonds is 8. The summed E-state index contributed by atoms with van der Waals surface area (Å²) in [4.78, 5) is 60.1. The lowest BCUT2D eigenvalue weighted by Crippen LogP contribution is -2.25. The van der Waals surface area contributed by atoms with Gasteiger partial charge in [0.2, 0.25) is 0 Å². The van der Waals surface area contributed by atoms with Crippen molar-refractivity contribution in [2.24, 2.45) is 5.73 Å². The number of carbonyl (C=O) groups excluding carboxylic acids is 5. The highest BCUT2D eigenvalue weighted by Crippen LogP contribution is 2.25. The number of nitrogens with zero attached hydrogens (tertiary/aromatic N) is 2. The van der Waals surface area contributed by atoms with Crippen molar-refractivity contribution in [3.63, 3.8) is 0 Å². The zero-order valence-corrected chi connectivity index (χ0v) is 16.4. The van der Waals surface area contributed by atoms with Gasteiger partial charge < -0.3 is 30.0 Å². The molecule has 0 radical (unpaired) electrons. The van der Waals surface area contributed by atoms with Crippen molar-refractivity contribution in [2.75, 3.05) is 33.8 Å². The molecule has 1 amide bonds. The van der Waals surface area contributed by atoms with Gasteiger partial charge in [0.05, 0.1) is 34.0 Å². The molecule has 1 rings (SSSR count). The first-order valence-electron chi connectivity index (χ1n) is 7.40. The monoisotopic (exact) mass is 428 g/mol. The Morgan fingerprint density at radius 2 is 1.52 bits per heavy atom. The Morgan fingerprint density at radius 1 is 0.931 bits per heavy atom. The van der Waals surface area contributed by atoms with Gasteiger partial charge in [-0.25, -0.2) is 19.2 Å². The van der Waals surface area contributed by atoms with Crippen molar-refractivity contribution in [3.8, 4) is 0 Å². The number of esters is 4. The summed E-state index contributed by atoms with van der Waals surface area (Å²) in [6.45, 7) is 0. The van der Waals surface area contributed by atoms with Crippen LogP contribution in [0.3, 0.4) is 0 Å². The Bertz CT molecular complexity index is 903. The average molecular weight is 428 g/mol. The van der Waals surface area contributed by atoms with Crippen molar-refractivity contribution in [2.45, 2.75) is 0 Å². The molecule has 0 spiro atoms. The van der Waals surface area contributed by atoms with Crippen LogP contribution in [0.2, 0.25) is 0 Å². The van der Waals surface area contributed by atoms with Crippen molar-refractivity contribution in [1.82, 2.24) is 9.59 Å². The Labute approximate surface area is 167 Å². The largest absolute Gasteiger partial charge is 0.466 e. The molecule has 13 nitrogen and oxygen atoms in total. The van der Waals surface area contributed by atoms with E-state index in [9.17, 15) is 24.0 Å². The Balaban J connectivity index is 3.83. The van der Waals surface area contributed by atoms with E-state index in [1.165, 1.54) is 0 Å². The van der Waals surface area contributed by atoms with Gasteiger partial charge in [-0.2, -0.15) is 0 Å². The minimum Gasteiger partial charge on any atom is -0.466 e. The lowest BCUT2D eigenvalue weighted by molar-refractivity contribution is -0.141. The number of hydrogen-bond donors (Lipinski definition) is 2. The van der Waals surface area contributed by atoms with Crippen LogP contribution in [0.25, 0.3) is 0 Å². The fraction of sp³-hybridized carbons (Fsp3) is 0.267. The fourth-order valence-electron chi connectivity index (χ4n) is 1.83. The van der Waals surface area contributed by atoms with E-state index in [4.69, 9.17) is 5.73 Å². The second-order valence-electron chi connectivity index (χ2n) is 4.75. The maximum absolute atomic E-state index is 12.4. The van der Waals surface area contributed by atoms with Crippen LogP contribution in [0.15, 0.2) is 22.9 Å². The number of hydrogen-bond acceptors (Lipinski definition) is 13. The number of nitrogens with two attached hydrogens (primary N) is 1. The third-order valence-electron chi connectivity index (χ3n) is 3.13. The van der Waals surface area contributed by atoms with Crippen LogP contribution < -0.4 is 11.1 Å². The quantitative estimate of drug-likeness (QED) is 0.221. The molecule has 0 unspecified atom stereocenters. The molecule has 0 aliphatic heterocycles. The van der Waals surface area contributed by atoms with Crippen LogP contribution in [-0.2, 0) is 38.1 Å². The van der Waals surface area contributed by atoms with E-state index >= 15 is 0 Å². The molecule has 29 heavy (non-hydrogen) atoms. The fourth-order valence-corrected chi connectivity index (χ4v) is 2.41. The lowest BCUT2D eigenvalue weighted by Gasteiger charge is -2.15. The SMILES string of the molecule is COC(=O)C=C(C(=O)OC)C(C(=O)OC)=C(Nc1snnc1C(N)=O)C(=O)OC. The summed E-state index contributed by atoms with van der Waals surface area (Å²) in [5.74, 6) is -5.56. The third kappa shape index (κ3) is 5.58. The lowest BCUT2D eigenvalue weighted by atomic mass is 10.0. The van der Waals surface area contributed by atoms with Crippen LogP contribution in [0.5, 0.6) is 0 Å². The predicted octanol–water partition coefficient (Wildman–Crippen LogP) is -1.08. The van der Waals surface area contributed by atoms with Gasteiger partial charge in [-0.1, -0.05) is 4.49 Å². The van der Waals surface area contributed by atoms with Gasteiger partial charge in [0, 0.05) is 17.6 Å². The molecule has 1 aromatic rings. The Kier molecular flexibility index (Phi) is 8.41. The highest BCUT2D eigenvalue weighted by atomic mass is 32.1.